The summed E-state index contributed by atoms with van der Waals surface area (Å²) in [6.07, 6.45) is 10.8. The highest BCUT2D eigenvalue weighted by Crippen LogP contribution is 2.48. The van der Waals surface area contributed by atoms with E-state index in [1.165, 1.54) is 0 Å². The Morgan fingerprint density at radius 1 is 1.02 bits per heavy atom. The van der Waals surface area contributed by atoms with E-state index in [0.29, 0.717) is 0 Å². The molecule has 0 aliphatic carbocycles. The van der Waals surface area contributed by atoms with Crippen LogP contribution in [0, 0.1) is 12.3 Å². The molecule has 1 amide bonds. The Kier molecular flexibility index (Phi) is 9.38. The predicted molar refractivity (Wildman–Crippen MR) is 210 cm³/mol. The summed E-state index contributed by atoms with van der Waals surface area (Å²) in [5.41, 5.74) is 5.69. The van der Waals surface area contributed by atoms with Gasteiger partial charge in [-0.05, 0) is 122 Å². The van der Waals surface area contributed by atoms with E-state index < -0.39 is 5.60 Å². The first-order valence-electron chi connectivity index (χ1n) is 19.5. The van der Waals surface area contributed by atoms with Gasteiger partial charge in [-0.25, -0.2) is 19.4 Å². The zero-order valence-corrected chi connectivity index (χ0v) is 32.4. The number of methoxy groups -OCH3 is 1. The number of carbonyl (C=O) groups is 1. The number of benzene rings is 2. The molecule has 0 radical (unpaired) electrons. The van der Waals surface area contributed by atoms with Crippen LogP contribution in [0.5, 0.6) is 5.75 Å². The van der Waals surface area contributed by atoms with Crippen LogP contribution in [0.25, 0.3) is 39.0 Å². The first-order valence-corrected chi connectivity index (χ1v) is 19.5. The van der Waals surface area contributed by atoms with Crippen LogP contribution in [-0.4, -0.2) is 101 Å². The van der Waals surface area contributed by atoms with Crippen LogP contribution in [0.4, 0.5) is 10.6 Å². The van der Waals surface area contributed by atoms with E-state index in [1.807, 2.05) is 37.9 Å². The lowest BCUT2D eigenvalue weighted by Gasteiger charge is -2.53. The summed E-state index contributed by atoms with van der Waals surface area (Å²) in [6, 6.07) is 6.56. The maximum Gasteiger partial charge on any atom is 0.410 e. The topological polar surface area (TPSA) is 98.1 Å². The zero-order chi connectivity index (χ0) is 37.1. The molecule has 1 atom stereocenters. The first-order chi connectivity index (χ1) is 25.5. The van der Waals surface area contributed by atoms with Gasteiger partial charge in [0.2, 0.25) is 0 Å². The molecule has 6 heterocycles. The number of amides is 1. The molecule has 4 aliphatic rings. The summed E-state index contributed by atoms with van der Waals surface area (Å²) >= 11 is 0. The molecule has 4 fully saturated rings. The first kappa shape index (κ1) is 35.8. The van der Waals surface area contributed by atoms with E-state index in [4.69, 9.17) is 29.3 Å². The van der Waals surface area contributed by atoms with Crippen molar-refractivity contribution in [3.8, 4) is 16.9 Å². The van der Waals surface area contributed by atoms with Crippen molar-refractivity contribution in [2.45, 2.75) is 90.4 Å². The van der Waals surface area contributed by atoms with Crippen LogP contribution in [-0.2, 0) is 9.47 Å². The fourth-order valence-corrected chi connectivity index (χ4v) is 9.00. The van der Waals surface area contributed by atoms with Gasteiger partial charge in [0.05, 0.1) is 18.8 Å². The standard InChI is InChI=1S/C42H55N7O4/c1-8-28-23-30-36(37(51-7)35(28)34-27(2)12-13-32-31(34)24-43-49(32)33-11-9-10-22-52-33)44-38(29-14-18-46(6)19-15-29)45-39(30)47-20-16-42(17-21-47)25-48(26-42)40(50)53-41(3,4)5/h8,12-13,23-24,29,33H,1,9-11,14-22,25-26H2,2-7H3. The molecule has 8 rings (SSSR count). The molecule has 2 aromatic carbocycles. The van der Waals surface area contributed by atoms with Crippen molar-refractivity contribution >= 4 is 39.8 Å². The lowest BCUT2D eigenvalue weighted by atomic mass is 9.72. The summed E-state index contributed by atoms with van der Waals surface area (Å²) in [4.78, 5) is 30.3. The van der Waals surface area contributed by atoms with Crippen molar-refractivity contribution in [2.75, 3.05) is 64.9 Å². The Hall–Kier alpha value is -4.22. The van der Waals surface area contributed by atoms with Crippen LogP contribution < -0.4 is 9.64 Å². The van der Waals surface area contributed by atoms with Gasteiger partial charge in [-0.15, -0.1) is 0 Å². The van der Waals surface area contributed by atoms with Crippen molar-refractivity contribution in [2.24, 2.45) is 5.41 Å². The van der Waals surface area contributed by atoms with Crippen LogP contribution in [0.1, 0.15) is 94.8 Å². The second-order valence-corrected chi connectivity index (χ2v) is 16.9. The molecular weight excluding hydrogens is 667 g/mol. The molecule has 1 unspecified atom stereocenters. The molecule has 1 spiro atoms. The molecule has 0 saturated carbocycles. The second kappa shape index (κ2) is 13.9. The molecule has 53 heavy (non-hydrogen) atoms. The minimum atomic E-state index is -0.495. The largest absolute Gasteiger partial charge is 0.494 e. The van der Waals surface area contributed by atoms with E-state index in [9.17, 15) is 4.79 Å². The third-order valence-corrected chi connectivity index (χ3v) is 12.0. The zero-order valence-electron chi connectivity index (χ0n) is 32.4. The number of hydrogen-bond acceptors (Lipinski definition) is 9. The van der Waals surface area contributed by atoms with Gasteiger partial charge in [-0.1, -0.05) is 18.7 Å². The number of hydrogen-bond donors (Lipinski definition) is 0. The monoisotopic (exact) mass is 721 g/mol. The lowest BCUT2D eigenvalue weighted by molar-refractivity contribution is -0.0434. The molecule has 2 aromatic heterocycles. The molecular formula is C42H55N7O4. The summed E-state index contributed by atoms with van der Waals surface area (Å²) in [5.74, 6) is 2.87. The van der Waals surface area contributed by atoms with Crippen molar-refractivity contribution < 1.29 is 19.0 Å². The molecule has 282 valence electrons. The highest BCUT2D eigenvalue weighted by atomic mass is 16.6. The maximum absolute atomic E-state index is 12.8. The highest BCUT2D eigenvalue weighted by Gasteiger charge is 2.48. The van der Waals surface area contributed by atoms with Crippen molar-refractivity contribution in [3.63, 3.8) is 0 Å². The van der Waals surface area contributed by atoms with Crippen LogP contribution in [0.3, 0.4) is 0 Å². The number of fused-ring (bicyclic) bond motifs is 2. The number of aromatic nitrogens is 4. The maximum atomic E-state index is 12.8. The fourth-order valence-electron chi connectivity index (χ4n) is 9.00. The lowest BCUT2D eigenvalue weighted by Crippen LogP contribution is -2.62. The summed E-state index contributed by atoms with van der Waals surface area (Å²) in [6.45, 7) is 18.2. The predicted octanol–water partition coefficient (Wildman–Crippen LogP) is 7.95. The van der Waals surface area contributed by atoms with E-state index in [2.05, 4.69) is 53.2 Å². The quantitative estimate of drug-likeness (QED) is 0.197. The van der Waals surface area contributed by atoms with Gasteiger partial charge in [0.25, 0.3) is 0 Å². The SMILES string of the molecule is C=Cc1cc2c(N3CCC4(CC3)CN(C(=O)OC(C)(C)C)C4)nc(C3CCN(C)CC3)nc2c(OC)c1-c1c(C)ccc2c1cnn2C1CCCCO1. The number of aryl methyl sites for hydroxylation is 1. The molecule has 4 aliphatic heterocycles. The Labute approximate surface area is 313 Å². The van der Waals surface area contributed by atoms with E-state index in [-0.39, 0.29) is 23.7 Å². The average molecular weight is 722 g/mol. The van der Waals surface area contributed by atoms with E-state index in [0.717, 1.165) is 152 Å². The third-order valence-electron chi connectivity index (χ3n) is 12.0. The van der Waals surface area contributed by atoms with Gasteiger partial charge in [0, 0.05) is 60.5 Å². The molecule has 11 nitrogen and oxygen atoms in total. The highest BCUT2D eigenvalue weighted by molar-refractivity contribution is 6.07. The van der Waals surface area contributed by atoms with E-state index >= 15 is 0 Å². The minimum absolute atomic E-state index is 0.0643. The number of nitrogens with zero attached hydrogens (tertiary/aromatic N) is 7. The van der Waals surface area contributed by atoms with E-state index in [1.54, 1.807) is 7.11 Å². The summed E-state index contributed by atoms with van der Waals surface area (Å²) < 4.78 is 20.3. The van der Waals surface area contributed by atoms with Gasteiger partial charge in [-0.3, -0.25) is 0 Å². The van der Waals surface area contributed by atoms with Gasteiger partial charge in [-0.2, -0.15) is 5.10 Å². The van der Waals surface area contributed by atoms with Crippen molar-refractivity contribution in [1.29, 1.82) is 0 Å². The van der Waals surface area contributed by atoms with Gasteiger partial charge >= 0.3 is 6.09 Å². The Morgan fingerprint density at radius 3 is 2.43 bits per heavy atom. The molecule has 4 saturated heterocycles. The second-order valence-electron chi connectivity index (χ2n) is 16.9. The number of rotatable bonds is 6. The minimum Gasteiger partial charge on any atom is -0.494 e. The Morgan fingerprint density at radius 2 is 1.77 bits per heavy atom. The van der Waals surface area contributed by atoms with Crippen LogP contribution >= 0.6 is 0 Å². The number of carbonyl (C=O) groups excluding carboxylic acids is 1. The molecule has 4 aromatic rings. The van der Waals surface area contributed by atoms with Crippen LogP contribution in [0.15, 0.2) is 31.0 Å². The van der Waals surface area contributed by atoms with Crippen molar-refractivity contribution in [3.05, 3.63) is 47.9 Å². The number of ether oxygens (including phenoxy) is 3. The van der Waals surface area contributed by atoms with Gasteiger partial charge in [0.1, 0.15) is 22.8 Å². The number of anilines is 1. The van der Waals surface area contributed by atoms with Gasteiger partial charge in [0.15, 0.2) is 12.0 Å². The number of likely N-dealkylation sites (tertiary alicyclic amines) is 2. The molecule has 11 heteroatoms. The number of piperidine rings is 2. The molecule has 0 N–H and O–H groups in total. The normalized spacial score (nSPS) is 21.3. The summed E-state index contributed by atoms with van der Waals surface area (Å²) in [7, 11) is 3.95. The Bertz CT molecular complexity index is 2020. The molecule has 0 bridgehead atoms. The Balaban J connectivity index is 1.20. The van der Waals surface area contributed by atoms with Crippen LogP contribution in [0.2, 0.25) is 0 Å². The van der Waals surface area contributed by atoms with Crippen molar-refractivity contribution in [1.82, 2.24) is 29.5 Å². The fraction of sp³-hybridized carbons (Fsp3) is 0.571. The third kappa shape index (κ3) is 6.64. The smallest absolute Gasteiger partial charge is 0.410 e. The summed E-state index contributed by atoms with van der Waals surface area (Å²) in [5, 5.41) is 6.93. The van der Waals surface area contributed by atoms with Gasteiger partial charge < -0.3 is 28.9 Å². The average Bonchev–Trinajstić information content (AvgIpc) is 3.57.